The standard InChI is InChI=1S/C14H18F3NO/c15-14(16,17)11-19-10-13-7-4-8-18(13)9-12-5-2-1-3-6-12/h1-3,5-6,13H,4,7-11H2/t13-/m0/s1. The number of benzene rings is 1. The highest BCUT2D eigenvalue weighted by Crippen LogP contribution is 2.21. The zero-order valence-corrected chi connectivity index (χ0v) is 10.7. The largest absolute Gasteiger partial charge is 0.411 e. The number of hydrogen-bond acceptors (Lipinski definition) is 2. The molecule has 1 aromatic rings. The van der Waals surface area contributed by atoms with Gasteiger partial charge in [-0.2, -0.15) is 13.2 Å². The van der Waals surface area contributed by atoms with E-state index < -0.39 is 12.8 Å². The highest BCUT2D eigenvalue weighted by molar-refractivity contribution is 5.14. The molecular formula is C14H18F3NO. The average molecular weight is 273 g/mol. The topological polar surface area (TPSA) is 12.5 Å². The van der Waals surface area contributed by atoms with E-state index >= 15 is 0 Å². The van der Waals surface area contributed by atoms with Crippen LogP contribution < -0.4 is 0 Å². The first kappa shape index (κ1) is 14.3. The Hall–Kier alpha value is -1.07. The van der Waals surface area contributed by atoms with Crippen LogP contribution in [0.25, 0.3) is 0 Å². The van der Waals surface area contributed by atoms with E-state index in [1.807, 2.05) is 30.3 Å². The summed E-state index contributed by atoms with van der Waals surface area (Å²) >= 11 is 0. The van der Waals surface area contributed by atoms with Crippen molar-refractivity contribution in [3.63, 3.8) is 0 Å². The number of rotatable bonds is 5. The van der Waals surface area contributed by atoms with Gasteiger partial charge < -0.3 is 4.74 Å². The SMILES string of the molecule is FC(F)(F)COC[C@@H]1CCCN1Cc1ccccc1. The second-order valence-electron chi connectivity index (χ2n) is 4.88. The molecule has 1 aromatic carbocycles. The number of hydrogen-bond donors (Lipinski definition) is 0. The van der Waals surface area contributed by atoms with Gasteiger partial charge in [-0.3, -0.25) is 4.90 Å². The van der Waals surface area contributed by atoms with Crippen molar-refractivity contribution in [1.82, 2.24) is 4.90 Å². The second kappa shape index (κ2) is 6.39. The molecule has 1 aliphatic rings. The van der Waals surface area contributed by atoms with Gasteiger partial charge in [-0.1, -0.05) is 30.3 Å². The Morgan fingerprint density at radius 2 is 1.95 bits per heavy atom. The molecule has 1 fully saturated rings. The summed E-state index contributed by atoms with van der Waals surface area (Å²) in [6.07, 6.45) is -2.31. The number of halogens is 3. The lowest BCUT2D eigenvalue weighted by molar-refractivity contribution is -0.176. The second-order valence-corrected chi connectivity index (χ2v) is 4.88. The summed E-state index contributed by atoms with van der Waals surface area (Å²) in [5.74, 6) is 0. The molecule has 0 spiro atoms. The predicted molar refractivity (Wildman–Crippen MR) is 66.7 cm³/mol. The molecule has 1 atom stereocenters. The van der Waals surface area contributed by atoms with Crippen molar-refractivity contribution in [2.24, 2.45) is 0 Å². The molecule has 0 amide bonds. The molecule has 0 saturated carbocycles. The van der Waals surface area contributed by atoms with Crippen molar-refractivity contribution in [3.05, 3.63) is 35.9 Å². The Balaban J connectivity index is 1.80. The molecule has 0 radical (unpaired) electrons. The van der Waals surface area contributed by atoms with Crippen LogP contribution in [0.1, 0.15) is 18.4 Å². The third-order valence-corrected chi connectivity index (χ3v) is 3.30. The fourth-order valence-corrected chi connectivity index (χ4v) is 2.42. The zero-order chi connectivity index (χ0) is 13.7. The van der Waals surface area contributed by atoms with Gasteiger partial charge in [-0.15, -0.1) is 0 Å². The van der Waals surface area contributed by atoms with Crippen LogP contribution in [0.15, 0.2) is 30.3 Å². The first-order valence-corrected chi connectivity index (χ1v) is 6.47. The molecule has 106 valence electrons. The minimum Gasteiger partial charge on any atom is -0.370 e. The van der Waals surface area contributed by atoms with Crippen LogP contribution >= 0.6 is 0 Å². The molecule has 0 N–H and O–H groups in total. The summed E-state index contributed by atoms with van der Waals surface area (Å²) in [6, 6.07) is 10.1. The minimum absolute atomic E-state index is 0.0996. The van der Waals surface area contributed by atoms with Gasteiger partial charge in [0.2, 0.25) is 0 Å². The van der Waals surface area contributed by atoms with E-state index in [2.05, 4.69) is 4.90 Å². The monoisotopic (exact) mass is 273 g/mol. The third kappa shape index (κ3) is 4.84. The Kier molecular flexibility index (Phi) is 4.82. The van der Waals surface area contributed by atoms with E-state index in [1.54, 1.807) is 0 Å². The fraction of sp³-hybridized carbons (Fsp3) is 0.571. The van der Waals surface area contributed by atoms with E-state index in [0.29, 0.717) is 0 Å². The van der Waals surface area contributed by atoms with Crippen molar-refractivity contribution >= 4 is 0 Å². The number of likely N-dealkylation sites (tertiary alicyclic amines) is 1. The van der Waals surface area contributed by atoms with E-state index in [0.717, 1.165) is 25.9 Å². The Morgan fingerprint density at radius 3 is 2.63 bits per heavy atom. The van der Waals surface area contributed by atoms with Gasteiger partial charge in [0.25, 0.3) is 0 Å². The predicted octanol–water partition coefficient (Wildman–Crippen LogP) is 3.23. The molecular weight excluding hydrogens is 255 g/mol. The van der Waals surface area contributed by atoms with Crippen LogP contribution in [0.3, 0.4) is 0 Å². The lowest BCUT2D eigenvalue weighted by Gasteiger charge is -2.24. The maximum Gasteiger partial charge on any atom is 0.411 e. The molecule has 0 aromatic heterocycles. The molecule has 1 saturated heterocycles. The van der Waals surface area contributed by atoms with Gasteiger partial charge in [0.15, 0.2) is 0 Å². The maximum absolute atomic E-state index is 12.0. The summed E-state index contributed by atoms with van der Waals surface area (Å²) in [7, 11) is 0. The molecule has 19 heavy (non-hydrogen) atoms. The molecule has 1 aliphatic heterocycles. The number of alkyl halides is 3. The van der Waals surface area contributed by atoms with Crippen molar-refractivity contribution in [2.45, 2.75) is 31.6 Å². The first-order valence-electron chi connectivity index (χ1n) is 6.47. The van der Waals surface area contributed by atoms with E-state index in [9.17, 15) is 13.2 Å². The molecule has 0 bridgehead atoms. The molecule has 0 unspecified atom stereocenters. The van der Waals surface area contributed by atoms with Gasteiger partial charge in [0.05, 0.1) is 6.61 Å². The van der Waals surface area contributed by atoms with Gasteiger partial charge >= 0.3 is 6.18 Å². The molecule has 0 aliphatic carbocycles. The van der Waals surface area contributed by atoms with E-state index in [4.69, 9.17) is 4.74 Å². The maximum atomic E-state index is 12.0. The Morgan fingerprint density at radius 1 is 1.21 bits per heavy atom. The molecule has 5 heteroatoms. The van der Waals surface area contributed by atoms with Crippen molar-refractivity contribution < 1.29 is 17.9 Å². The van der Waals surface area contributed by atoms with Crippen molar-refractivity contribution in [3.8, 4) is 0 Å². The smallest absolute Gasteiger partial charge is 0.370 e. The fourth-order valence-electron chi connectivity index (χ4n) is 2.42. The van der Waals surface area contributed by atoms with Crippen molar-refractivity contribution in [1.29, 1.82) is 0 Å². The average Bonchev–Trinajstić information content (AvgIpc) is 2.76. The summed E-state index contributed by atoms with van der Waals surface area (Å²) in [6.45, 7) is 0.713. The van der Waals surface area contributed by atoms with E-state index in [1.165, 1.54) is 5.56 Å². The highest BCUT2D eigenvalue weighted by Gasteiger charge is 2.30. The molecule has 2 nitrogen and oxygen atoms in total. The third-order valence-electron chi connectivity index (χ3n) is 3.30. The van der Waals surface area contributed by atoms with Crippen LogP contribution in [0, 0.1) is 0 Å². The lowest BCUT2D eigenvalue weighted by Crippen LogP contribution is -2.34. The Labute approximate surface area is 111 Å². The van der Waals surface area contributed by atoms with Gasteiger partial charge in [-0.05, 0) is 24.9 Å². The molecule has 2 rings (SSSR count). The highest BCUT2D eigenvalue weighted by atomic mass is 19.4. The summed E-state index contributed by atoms with van der Waals surface area (Å²) in [5.41, 5.74) is 1.19. The van der Waals surface area contributed by atoms with Crippen LogP contribution in [0.5, 0.6) is 0 Å². The van der Waals surface area contributed by atoms with Crippen LogP contribution in [-0.4, -0.2) is 36.9 Å². The first-order chi connectivity index (χ1) is 9.04. The summed E-state index contributed by atoms with van der Waals surface area (Å²) in [4.78, 5) is 2.20. The number of nitrogens with zero attached hydrogens (tertiary/aromatic N) is 1. The van der Waals surface area contributed by atoms with Crippen molar-refractivity contribution in [2.75, 3.05) is 19.8 Å². The van der Waals surface area contributed by atoms with Gasteiger partial charge in [0, 0.05) is 12.6 Å². The number of ether oxygens (including phenoxy) is 1. The summed E-state index contributed by atoms with van der Waals surface area (Å²) in [5, 5.41) is 0. The summed E-state index contributed by atoms with van der Waals surface area (Å²) < 4.78 is 40.9. The lowest BCUT2D eigenvalue weighted by atomic mass is 10.2. The van der Waals surface area contributed by atoms with Gasteiger partial charge in [0.1, 0.15) is 6.61 Å². The van der Waals surface area contributed by atoms with E-state index in [-0.39, 0.29) is 12.6 Å². The normalized spacial score (nSPS) is 20.9. The van der Waals surface area contributed by atoms with Crippen LogP contribution in [0.2, 0.25) is 0 Å². The van der Waals surface area contributed by atoms with Crippen LogP contribution in [0.4, 0.5) is 13.2 Å². The zero-order valence-electron chi connectivity index (χ0n) is 10.7. The quantitative estimate of drug-likeness (QED) is 0.816. The van der Waals surface area contributed by atoms with Crippen LogP contribution in [-0.2, 0) is 11.3 Å². The minimum atomic E-state index is -4.23. The van der Waals surface area contributed by atoms with Gasteiger partial charge in [-0.25, -0.2) is 0 Å². The molecule has 1 heterocycles. The Bertz CT molecular complexity index is 380.